The third-order valence-electron chi connectivity index (χ3n) is 8.67. The molecule has 4 atom stereocenters. The van der Waals surface area contributed by atoms with Gasteiger partial charge in [-0.2, -0.15) is 0 Å². The first kappa shape index (κ1) is 42.8. The number of hydrogen-bond acceptors (Lipinski definition) is 5. The van der Waals surface area contributed by atoms with E-state index in [1.54, 1.807) is 0 Å². The van der Waals surface area contributed by atoms with Crippen LogP contribution in [-0.4, -0.2) is 57.3 Å². The summed E-state index contributed by atoms with van der Waals surface area (Å²) in [5, 5.41) is 42.4. The number of carbonyl (C=O) groups excluding carboxylic acids is 1. The lowest BCUT2D eigenvalue weighted by Gasteiger charge is -2.27. The Morgan fingerprint density at radius 1 is 0.568 bits per heavy atom. The average Bonchev–Trinajstić information content (AvgIpc) is 3.03. The average molecular weight is 624 g/mol. The first-order valence-corrected chi connectivity index (χ1v) is 18.7. The van der Waals surface area contributed by atoms with Crippen molar-refractivity contribution in [3.63, 3.8) is 0 Å². The second-order valence-electron chi connectivity index (χ2n) is 12.9. The standard InChI is InChI=1S/C38H73NO5/c1-3-5-7-8-9-10-11-12-13-14-15-16-17-18-19-20-21-22-23-24-25-26-27-28-29-30-32-36(42)38(44)39-34(33-40)37(43)35(41)31-6-4-2/h15-16,18-19,34-37,40-43H,3-14,17,20-33H2,1-2H3,(H,39,44)/b16-15-,19-18-. The molecular formula is C38H73NO5. The van der Waals surface area contributed by atoms with E-state index in [-0.39, 0.29) is 0 Å². The lowest BCUT2D eigenvalue weighted by Crippen LogP contribution is -2.53. The highest BCUT2D eigenvalue weighted by Crippen LogP contribution is 2.14. The van der Waals surface area contributed by atoms with Crippen LogP contribution in [0.2, 0.25) is 0 Å². The van der Waals surface area contributed by atoms with Crippen LogP contribution in [0, 0.1) is 0 Å². The first-order valence-electron chi connectivity index (χ1n) is 18.7. The smallest absolute Gasteiger partial charge is 0.249 e. The Bertz CT molecular complexity index is 668. The molecule has 0 bridgehead atoms. The summed E-state index contributed by atoms with van der Waals surface area (Å²) in [5.41, 5.74) is 0. The fraction of sp³-hybridized carbons (Fsp3) is 0.868. The molecule has 0 aromatic heterocycles. The molecule has 44 heavy (non-hydrogen) atoms. The minimum atomic E-state index is -1.25. The molecule has 0 radical (unpaired) electrons. The Kier molecular flexibility index (Phi) is 32.2. The largest absolute Gasteiger partial charge is 0.394 e. The van der Waals surface area contributed by atoms with Crippen molar-refractivity contribution < 1.29 is 25.2 Å². The Morgan fingerprint density at radius 2 is 1.00 bits per heavy atom. The second kappa shape index (κ2) is 33.2. The number of aliphatic hydroxyl groups is 4. The summed E-state index contributed by atoms with van der Waals surface area (Å²) in [7, 11) is 0. The molecule has 0 saturated heterocycles. The van der Waals surface area contributed by atoms with Crippen molar-refractivity contribution in [1.82, 2.24) is 5.32 Å². The Morgan fingerprint density at radius 3 is 1.45 bits per heavy atom. The number of rotatable bonds is 33. The summed E-state index contributed by atoms with van der Waals surface area (Å²) in [6, 6.07) is -0.980. The van der Waals surface area contributed by atoms with Crippen LogP contribution in [0.25, 0.3) is 0 Å². The van der Waals surface area contributed by atoms with Gasteiger partial charge in [-0.3, -0.25) is 4.79 Å². The zero-order chi connectivity index (χ0) is 32.5. The predicted molar refractivity (Wildman–Crippen MR) is 187 cm³/mol. The zero-order valence-electron chi connectivity index (χ0n) is 28.9. The number of unbranched alkanes of at least 4 members (excludes halogenated alkanes) is 20. The number of amides is 1. The minimum absolute atomic E-state index is 0.364. The molecule has 0 aromatic carbocycles. The van der Waals surface area contributed by atoms with Crippen molar-refractivity contribution in [2.45, 2.75) is 205 Å². The molecule has 0 aliphatic rings. The normalized spacial score (nSPS) is 14.8. The van der Waals surface area contributed by atoms with Gasteiger partial charge in [0.25, 0.3) is 0 Å². The van der Waals surface area contributed by atoms with Crippen LogP contribution in [0.4, 0.5) is 0 Å². The molecule has 5 N–H and O–H groups in total. The molecule has 260 valence electrons. The molecule has 0 saturated carbocycles. The zero-order valence-corrected chi connectivity index (χ0v) is 28.9. The third kappa shape index (κ3) is 27.1. The molecule has 0 aromatic rings. The van der Waals surface area contributed by atoms with Crippen molar-refractivity contribution in [2.75, 3.05) is 6.61 Å². The second-order valence-corrected chi connectivity index (χ2v) is 12.9. The van der Waals surface area contributed by atoms with Gasteiger partial charge in [0.15, 0.2) is 0 Å². The van der Waals surface area contributed by atoms with Gasteiger partial charge in [0.2, 0.25) is 5.91 Å². The van der Waals surface area contributed by atoms with Gasteiger partial charge in [-0.25, -0.2) is 0 Å². The van der Waals surface area contributed by atoms with Crippen LogP contribution in [-0.2, 0) is 4.79 Å². The summed E-state index contributed by atoms with van der Waals surface area (Å²) >= 11 is 0. The van der Waals surface area contributed by atoms with Gasteiger partial charge in [-0.1, -0.05) is 160 Å². The molecule has 6 heteroatoms. The number of carbonyl (C=O) groups is 1. The van der Waals surface area contributed by atoms with Gasteiger partial charge in [-0.15, -0.1) is 0 Å². The van der Waals surface area contributed by atoms with E-state index in [1.807, 2.05) is 6.92 Å². The summed E-state index contributed by atoms with van der Waals surface area (Å²) in [6.07, 6.45) is 36.1. The molecule has 6 nitrogen and oxygen atoms in total. The van der Waals surface area contributed by atoms with E-state index in [2.05, 4.69) is 36.5 Å². The van der Waals surface area contributed by atoms with Gasteiger partial charge >= 0.3 is 0 Å². The lowest BCUT2D eigenvalue weighted by molar-refractivity contribution is -0.132. The van der Waals surface area contributed by atoms with Crippen LogP contribution in [0.1, 0.15) is 181 Å². The first-order chi connectivity index (χ1) is 21.5. The molecule has 0 heterocycles. The molecule has 0 spiro atoms. The van der Waals surface area contributed by atoms with Crippen molar-refractivity contribution in [3.05, 3.63) is 24.3 Å². The fourth-order valence-electron chi connectivity index (χ4n) is 5.59. The van der Waals surface area contributed by atoms with Gasteiger partial charge in [0, 0.05) is 0 Å². The summed E-state index contributed by atoms with van der Waals surface area (Å²) in [6.45, 7) is 3.78. The van der Waals surface area contributed by atoms with Crippen molar-refractivity contribution >= 4 is 5.91 Å². The predicted octanol–water partition coefficient (Wildman–Crippen LogP) is 8.84. The summed E-state index contributed by atoms with van der Waals surface area (Å²) in [4.78, 5) is 12.3. The van der Waals surface area contributed by atoms with E-state index in [0.717, 1.165) is 38.5 Å². The highest BCUT2D eigenvalue weighted by Gasteiger charge is 2.28. The number of allylic oxidation sites excluding steroid dienone is 4. The number of hydrogen-bond donors (Lipinski definition) is 5. The maximum Gasteiger partial charge on any atom is 0.249 e. The highest BCUT2D eigenvalue weighted by molar-refractivity contribution is 5.80. The molecule has 0 aliphatic carbocycles. The van der Waals surface area contributed by atoms with Gasteiger partial charge in [-0.05, 0) is 44.9 Å². The van der Waals surface area contributed by atoms with Gasteiger partial charge in [0.1, 0.15) is 12.2 Å². The maximum absolute atomic E-state index is 12.3. The van der Waals surface area contributed by atoms with Crippen molar-refractivity contribution in [1.29, 1.82) is 0 Å². The van der Waals surface area contributed by atoms with Crippen LogP contribution < -0.4 is 5.32 Å². The van der Waals surface area contributed by atoms with Crippen LogP contribution in [0.15, 0.2) is 24.3 Å². The summed E-state index contributed by atoms with van der Waals surface area (Å²) < 4.78 is 0. The minimum Gasteiger partial charge on any atom is -0.394 e. The Balaban J connectivity index is 3.54. The van der Waals surface area contributed by atoms with E-state index in [9.17, 15) is 25.2 Å². The monoisotopic (exact) mass is 624 g/mol. The van der Waals surface area contributed by atoms with Crippen molar-refractivity contribution in [2.24, 2.45) is 0 Å². The van der Waals surface area contributed by atoms with Crippen molar-refractivity contribution in [3.8, 4) is 0 Å². The third-order valence-corrected chi connectivity index (χ3v) is 8.67. The SMILES string of the molecule is CCCCCCCCCCC/C=C\C/C=C\CCCCCCCCCCCCC(O)C(=O)NC(CO)C(O)C(O)CCCC. The van der Waals surface area contributed by atoms with E-state index in [1.165, 1.54) is 116 Å². The molecule has 0 fully saturated rings. The Labute approximate surface area is 272 Å². The van der Waals surface area contributed by atoms with E-state index in [4.69, 9.17) is 0 Å². The Hall–Kier alpha value is -1.21. The molecule has 4 unspecified atom stereocenters. The quantitative estimate of drug-likeness (QED) is 0.0371. The lowest BCUT2D eigenvalue weighted by atomic mass is 10.0. The van der Waals surface area contributed by atoms with Crippen LogP contribution in [0.5, 0.6) is 0 Å². The topological polar surface area (TPSA) is 110 Å². The summed E-state index contributed by atoms with van der Waals surface area (Å²) in [5.74, 6) is -0.599. The van der Waals surface area contributed by atoms with Gasteiger partial charge < -0.3 is 25.7 Å². The van der Waals surface area contributed by atoms with Crippen LogP contribution in [0.3, 0.4) is 0 Å². The molecule has 1 amide bonds. The molecule has 0 aliphatic heterocycles. The molecule has 0 rings (SSSR count). The maximum atomic E-state index is 12.3. The van der Waals surface area contributed by atoms with Crippen LogP contribution >= 0.6 is 0 Å². The van der Waals surface area contributed by atoms with E-state index in [0.29, 0.717) is 12.8 Å². The highest BCUT2D eigenvalue weighted by atomic mass is 16.3. The fourth-order valence-corrected chi connectivity index (χ4v) is 5.59. The number of nitrogens with one attached hydrogen (secondary N) is 1. The molecular weight excluding hydrogens is 550 g/mol. The number of aliphatic hydroxyl groups excluding tert-OH is 4. The van der Waals surface area contributed by atoms with Gasteiger partial charge in [0.05, 0.1) is 18.8 Å². The van der Waals surface area contributed by atoms with E-state index >= 15 is 0 Å². The van der Waals surface area contributed by atoms with E-state index < -0.39 is 36.9 Å².